The molecule has 1 saturated heterocycles. The maximum Gasteiger partial charge on any atom is 0.255 e. The molecule has 0 bridgehead atoms. The van der Waals surface area contributed by atoms with Gasteiger partial charge in [-0.05, 0) is 37.0 Å². The Balaban J connectivity index is 1.41. The van der Waals surface area contributed by atoms with Crippen molar-refractivity contribution in [3.05, 3.63) is 64.8 Å². The zero-order chi connectivity index (χ0) is 18.6. The molecule has 3 aromatic rings. The number of nitrogens with zero attached hydrogens (tertiary/aromatic N) is 5. The molecule has 1 fully saturated rings. The van der Waals surface area contributed by atoms with Crippen molar-refractivity contribution < 1.29 is 4.79 Å². The van der Waals surface area contributed by atoms with Gasteiger partial charge in [-0.1, -0.05) is 11.3 Å². The van der Waals surface area contributed by atoms with E-state index in [0.29, 0.717) is 24.6 Å². The van der Waals surface area contributed by atoms with E-state index in [4.69, 9.17) is 0 Å². The van der Waals surface area contributed by atoms with Crippen molar-refractivity contribution in [3.63, 3.8) is 0 Å². The molecule has 0 aliphatic carbocycles. The molecule has 138 valence electrons. The smallest absolute Gasteiger partial charge is 0.255 e. The number of hydrogen-bond donors (Lipinski definition) is 1. The van der Waals surface area contributed by atoms with Crippen molar-refractivity contribution in [2.45, 2.75) is 19.4 Å². The summed E-state index contributed by atoms with van der Waals surface area (Å²) in [4.78, 5) is 32.5. The largest absolute Gasteiger partial charge is 0.338 e. The quantitative estimate of drug-likeness (QED) is 0.758. The molecule has 1 atom stereocenters. The highest BCUT2D eigenvalue weighted by Gasteiger charge is 2.25. The van der Waals surface area contributed by atoms with E-state index in [1.807, 2.05) is 34.0 Å². The van der Waals surface area contributed by atoms with E-state index in [0.717, 1.165) is 30.8 Å². The van der Waals surface area contributed by atoms with E-state index in [1.165, 1.54) is 12.3 Å². The van der Waals surface area contributed by atoms with Crippen LogP contribution in [0.3, 0.4) is 0 Å². The molecule has 4 rings (SSSR count). The Labute approximate surface area is 155 Å². The number of H-pyrrole nitrogens is 1. The van der Waals surface area contributed by atoms with Gasteiger partial charge >= 0.3 is 0 Å². The van der Waals surface area contributed by atoms with Crippen molar-refractivity contribution in [2.75, 3.05) is 13.1 Å². The third kappa shape index (κ3) is 3.94. The van der Waals surface area contributed by atoms with Gasteiger partial charge in [-0.3, -0.25) is 19.3 Å². The Morgan fingerprint density at radius 3 is 2.93 bits per heavy atom. The van der Waals surface area contributed by atoms with Crippen molar-refractivity contribution in [3.8, 4) is 11.4 Å². The van der Waals surface area contributed by atoms with E-state index in [9.17, 15) is 9.59 Å². The molecule has 0 unspecified atom stereocenters. The minimum Gasteiger partial charge on any atom is -0.338 e. The second-order valence-electron chi connectivity index (χ2n) is 6.74. The lowest BCUT2D eigenvalue weighted by molar-refractivity contribution is 0.0659. The Hall–Kier alpha value is -3.29. The summed E-state index contributed by atoms with van der Waals surface area (Å²) in [6.07, 6.45) is 7.08. The van der Waals surface area contributed by atoms with Gasteiger partial charge in [-0.2, -0.15) is 0 Å². The Morgan fingerprint density at radius 1 is 1.22 bits per heavy atom. The van der Waals surface area contributed by atoms with Crippen molar-refractivity contribution in [1.29, 1.82) is 0 Å². The predicted molar refractivity (Wildman–Crippen MR) is 98.9 cm³/mol. The number of carbonyl (C=O) groups is 1. The Bertz CT molecular complexity index is 961. The number of aromatic amines is 1. The molecule has 0 radical (unpaired) electrons. The Kier molecular flexibility index (Phi) is 4.78. The molecule has 8 nitrogen and oxygen atoms in total. The molecule has 4 heterocycles. The van der Waals surface area contributed by atoms with Gasteiger partial charge in [0, 0.05) is 38.1 Å². The Morgan fingerprint density at radius 2 is 2.15 bits per heavy atom. The number of rotatable bonds is 4. The summed E-state index contributed by atoms with van der Waals surface area (Å²) in [5.41, 5.74) is 1.83. The number of nitrogens with one attached hydrogen (secondary N) is 1. The number of piperidine rings is 1. The average Bonchev–Trinajstić information content (AvgIpc) is 3.17. The predicted octanol–water partition coefficient (Wildman–Crippen LogP) is 1.58. The third-order valence-corrected chi connectivity index (χ3v) is 4.75. The molecule has 0 aromatic carbocycles. The molecule has 0 saturated carbocycles. The molecule has 1 aliphatic rings. The number of amides is 1. The molecule has 1 N–H and O–H groups in total. The highest BCUT2D eigenvalue weighted by molar-refractivity contribution is 5.93. The van der Waals surface area contributed by atoms with Gasteiger partial charge in [-0.25, -0.2) is 0 Å². The van der Waals surface area contributed by atoms with Crippen LogP contribution < -0.4 is 5.56 Å². The van der Waals surface area contributed by atoms with Crippen LogP contribution in [-0.2, 0) is 6.54 Å². The number of hydrogen-bond acceptors (Lipinski definition) is 5. The highest BCUT2D eigenvalue weighted by atomic mass is 16.2. The summed E-state index contributed by atoms with van der Waals surface area (Å²) in [6.45, 7) is 2.09. The van der Waals surface area contributed by atoms with Gasteiger partial charge in [-0.15, -0.1) is 5.10 Å². The van der Waals surface area contributed by atoms with Crippen LogP contribution in [0.2, 0.25) is 0 Å². The minimum absolute atomic E-state index is 0.0521. The fourth-order valence-electron chi connectivity index (χ4n) is 3.41. The van der Waals surface area contributed by atoms with Gasteiger partial charge < -0.3 is 9.88 Å². The van der Waals surface area contributed by atoms with Crippen LogP contribution in [0.25, 0.3) is 11.4 Å². The summed E-state index contributed by atoms with van der Waals surface area (Å²) < 4.78 is 1.82. The van der Waals surface area contributed by atoms with E-state index >= 15 is 0 Å². The summed E-state index contributed by atoms with van der Waals surface area (Å²) in [5, 5.41) is 8.41. The second-order valence-corrected chi connectivity index (χ2v) is 6.74. The first kappa shape index (κ1) is 17.1. The molecule has 3 aromatic heterocycles. The van der Waals surface area contributed by atoms with Crippen molar-refractivity contribution in [2.24, 2.45) is 5.92 Å². The number of aromatic nitrogens is 5. The maximum absolute atomic E-state index is 12.7. The van der Waals surface area contributed by atoms with Crippen LogP contribution in [0.15, 0.2) is 53.7 Å². The molecule has 8 heteroatoms. The molecule has 0 spiro atoms. The molecule has 1 amide bonds. The normalized spacial score (nSPS) is 17.0. The van der Waals surface area contributed by atoms with Gasteiger partial charge in [0.25, 0.3) is 5.91 Å². The van der Waals surface area contributed by atoms with E-state index in [2.05, 4.69) is 20.3 Å². The third-order valence-electron chi connectivity index (χ3n) is 4.75. The van der Waals surface area contributed by atoms with Crippen LogP contribution in [0.5, 0.6) is 0 Å². The standard InChI is InChI=1S/C19H20N6O2/c26-18-7-6-15(10-21-18)19(27)24-9-3-4-14(11-24)12-25-13-17(22-23-25)16-5-1-2-8-20-16/h1-2,5-8,10,13-14H,3-4,9,11-12H2,(H,21,26)/t14-/m0/s1. The van der Waals surface area contributed by atoms with E-state index in [-0.39, 0.29) is 11.5 Å². The number of carbonyl (C=O) groups excluding carboxylic acids is 1. The van der Waals surface area contributed by atoms with Gasteiger partial charge in [0.15, 0.2) is 0 Å². The average molecular weight is 364 g/mol. The molecule has 1 aliphatic heterocycles. The highest BCUT2D eigenvalue weighted by Crippen LogP contribution is 2.20. The van der Waals surface area contributed by atoms with Crippen molar-refractivity contribution >= 4 is 5.91 Å². The zero-order valence-electron chi connectivity index (χ0n) is 14.8. The topological polar surface area (TPSA) is 96.8 Å². The van der Waals surface area contributed by atoms with Crippen molar-refractivity contribution in [1.82, 2.24) is 29.9 Å². The first-order valence-electron chi connectivity index (χ1n) is 8.98. The lowest BCUT2D eigenvalue weighted by Gasteiger charge is -2.32. The lowest BCUT2D eigenvalue weighted by Crippen LogP contribution is -2.41. The molecule has 27 heavy (non-hydrogen) atoms. The first-order valence-corrected chi connectivity index (χ1v) is 8.98. The monoisotopic (exact) mass is 364 g/mol. The molecular weight excluding hydrogens is 344 g/mol. The van der Waals surface area contributed by atoms with Crippen LogP contribution in [-0.4, -0.2) is 48.9 Å². The summed E-state index contributed by atoms with van der Waals surface area (Å²) >= 11 is 0. The summed E-state index contributed by atoms with van der Waals surface area (Å²) in [7, 11) is 0. The van der Waals surface area contributed by atoms with Crippen LogP contribution >= 0.6 is 0 Å². The maximum atomic E-state index is 12.7. The van der Waals surface area contributed by atoms with Crippen LogP contribution in [0, 0.1) is 5.92 Å². The zero-order valence-corrected chi connectivity index (χ0v) is 14.8. The summed E-state index contributed by atoms with van der Waals surface area (Å²) in [5.74, 6) is 0.257. The SMILES string of the molecule is O=C(c1ccc(=O)[nH]c1)N1CCC[C@H](Cn2cc(-c3ccccn3)nn2)C1. The van der Waals surface area contributed by atoms with Gasteiger partial charge in [0.05, 0.1) is 17.5 Å². The van der Waals surface area contributed by atoms with Gasteiger partial charge in [0.1, 0.15) is 5.69 Å². The fourth-order valence-corrected chi connectivity index (χ4v) is 3.41. The number of likely N-dealkylation sites (tertiary alicyclic amines) is 1. The van der Waals surface area contributed by atoms with E-state index < -0.39 is 0 Å². The fraction of sp³-hybridized carbons (Fsp3) is 0.316. The second kappa shape index (κ2) is 7.53. The molecular formula is C19H20N6O2. The first-order chi connectivity index (χ1) is 13.2. The van der Waals surface area contributed by atoms with E-state index in [1.54, 1.807) is 12.3 Å². The van der Waals surface area contributed by atoms with Crippen LogP contribution in [0.1, 0.15) is 23.2 Å². The minimum atomic E-state index is -0.210. The van der Waals surface area contributed by atoms with Crippen LogP contribution in [0.4, 0.5) is 0 Å². The summed E-state index contributed by atoms with van der Waals surface area (Å²) in [6, 6.07) is 8.64. The van der Waals surface area contributed by atoms with Gasteiger partial charge in [0.2, 0.25) is 5.56 Å². The lowest BCUT2D eigenvalue weighted by atomic mass is 9.97. The number of pyridine rings is 2.